The Bertz CT molecular complexity index is 183. The van der Waals surface area contributed by atoms with Gasteiger partial charge in [0, 0.05) is 26.1 Å². The zero-order valence-electron chi connectivity index (χ0n) is 7.84. The Balaban J connectivity index is 2.32. The standard InChI is InChI=1S/C9H16N2O/c1-9(2)8-11(5-3-4-10)6-7-12-9/h3,5-8H2,1-2H3. The van der Waals surface area contributed by atoms with E-state index < -0.39 is 0 Å². The maximum absolute atomic E-state index is 8.42. The molecule has 3 nitrogen and oxygen atoms in total. The van der Waals surface area contributed by atoms with Crippen molar-refractivity contribution in [3.8, 4) is 6.07 Å². The summed E-state index contributed by atoms with van der Waals surface area (Å²) in [4.78, 5) is 2.28. The Kier molecular flexibility index (Phi) is 3.07. The molecule has 1 saturated heterocycles. The third-order valence-electron chi connectivity index (χ3n) is 2.04. The fourth-order valence-electron chi connectivity index (χ4n) is 1.51. The minimum Gasteiger partial charge on any atom is -0.373 e. The van der Waals surface area contributed by atoms with Gasteiger partial charge in [-0.05, 0) is 13.8 Å². The van der Waals surface area contributed by atoms with Gasteiger partial charge in [0.05, 0.1) is 18.3 Å². The summed E-state index contributed by atoms with van der Waals surface area (Å²) in [6, 6.07) is 2.16. The predicted octanol–water partition coefficient (Wildman–Crippen LogP) is 1.01. The van der Waals surface area contributed by atoms with Gasteiger partial charge in [0.25, 0.3) is 0 Å². The zero-order chi connectivity index (χ0) is 9.03. The van der Waals surface area contributed by atoms with Crippen LogP contribution in [-0.2, 0) is 4.74 Å². The normalized spacial score (nSPS) is 23.4. The van der Waals surface area contributed by atoms with Crippen molar-refractivity contribution in [3.05, 3.63) is 0 Å². The fourth-order valence-corrected chi connectivity index (χ4v) is 1.51. The lowest BCUT2D eigenvalue weighted by Gasteiger charge is -2.37. The topological polar surface area (TPSA) is 36.3 Å². The maximum Gasteiger partial charge on any atom is 0.0753 e. The summed E-state index contributed by atoms with van der Waals surface area (Å²) in [5.74, 6) is 0. The van der Waals surface area contributed by atoms with Crippen LogP contribution in [0.2, 0.25) is 0 Å². The van der Waals surface area contributed by atoms with Crippen molar-refractivity contribution in [2.75, 3.05) is 26.2 Å². The molecule has 0 radical (unpaired) electrons. The predicted molar refractivity (Wildman–Crippen MR) is 46.7 cm³/mol. The number of morpholine rings is 1. The van der Waals surface area contributed by atoms with Crippen molar-refractivity contribution in [2.24, 2.45) is 0 Å². The van der Waals surface area contributed by atoms with Crippen LogP contribution < -0.4 is 0 Å². The van der Waals surface area contributed by atoms with E-state index in [2.05, 4.69) is 24.8 Å². The minimum atomic E-state index is -0.0340. The summed E-state index contributed by atoms with van der Waals surface area (Å²) in [5, 5.41) is 8.42. The lowest BCUT2D eigenvalue weighted by molar-refractivity contribution is -0.0853. The summed E-state index contributed by atoms with van der Waals surface area (Å²) >= 11 is 0. The highest BCUT2D eigenvalue weighted by atomic mass is 16.5. The van der Waals surface area contributed by atoms with Gasteiger partial charge in [-0.25, -0.2) is 0 Å². The molecule has 0 saturated carbocycles. The third kappa shape index (κ3) is 2.80. The molecule has 0 aliphatic carbocycles. The molecule has 3 heteroatoms. The fraction of sp³-hybridized carbons (Fsp3) is 0.889. The molecule has 1 heterocycles. The van der Waals surface area contributed by atoms with E-state index in [1.54, 1.807) is 0 Å². The molecule has 1 rings (SSSR count). The van der Waals surface area contributed by atoms with E-state index in [9.17, 15) is 0 Å². The summed E-state index contributed by atoms with van der Waals surface area (Å²) in [6.07, 6.45) is 0.621. The van der Waals surface area contributed by atoms with Crippen molar-refractivity contribution in [3.63, 3.8) is 0 Å². The van der Waals surface area contributed by atoms with E-state index in [-0.39, 0.29) is 5.60 Å². The third-order valence-corrected chi connectivity index (χ3v) is 2.04. The number of ether oxygens (including phenoxy) is 1. The molecule has 0 aromatic carbocycles. The molecule has 68 valence electrons. The van der Waals surface area contributed by atoms with Crippen molar-refractivity contribution < 1.29 is 4.74 Å². The van der Waals surface area contributed by atoms with E-state index in [0.29, 0.717) is 6.42 Å². The molecule has 0 N–H and O–H groups in total. The first-order valence-electron chi connectivity index (χ1n) is 4.37. The molecule has 0 aromatic rings. The Morgan fingerprint density at radius 2 is 2.33 bits per heavy atom. The minimum absolute atomic E-state index is 0.0340. The molecule has 0 aromatic heterocycles. The van der Waals surface area contributed by atoms with Gasteiger partial charge < -0.3 is 4.74 Å². The first-order valence-corrected chi connectivity index (χ1v) is 4.37. The second-order valence-corrected chi connectivity index (χ2v) is 3.79. The lowest BCUT2D eigenvalue weighted by Crippen LogP contribution is -2.48. The lowest BCUT2D eigenvalue weighted by atomic mass is 10.1. The average molecular weight is 168 g/mol. The van der Waals surface area contributed by atoms with Gasteiger partial charge in [0.1, 0.15) is 0 Å². The molecule has 12 heavy (non-hydrogen) atoms. The van der Waals surface area contributed by atoms with Gasteiger partial charge in [-0.2, -0.15) is 5.26 Å². The largest absolute Gasteiger partial charge is 0.373 e. The Morgan fingerprint density at radius 3 is 2.92 bits per heavy atom. The van der Waals surface area contributed by atoms with E-state index in [1.165, 1.54) is 0 Å². The first-order chi connectivity index (χ1) is 5.64. The van der Waals surface area contributed by atoms with Crippen molar-refractivity contribution in [1.82, 2.24) is 4.90 Å². The van der Waals surface area contributed by atoms with Crippen LogP contribution in [0.4, 0.5) is 0 Å². The zero-order valence-corrected chi connectivity index (χ0v) is 7.84. The van der Waals surface area contributed by atoms with Crippen LogP contribution in [0.3, 0.4) is 0 Å². The number of hydrogen-bond donors (Lipinski definition) is 0. The molecule has 0 unspecified atom stereocenters. The van der Waals surface area contributed by atoms with Crippen LogP contribution in [0.5, 0.6) is 0 Å². The van der Waals surface area contributed by atoms with E-state index >= 15 is 0 Å². The van der Waals surface area contributed by atoms with Crippen LogP contribution in [-0.4, -0.2) is 36.7 Å². The van der Waals surface area contributed by atoms with Gasteiger partial charge in [-0.1, -0.05) is 0 Å². The van der Waals surface area contributed by atoms with Gasteiger partial charge in [0.15, 0.2) is 0 Å². The van der Waals surface area contributed by atoms with Crippen LogP contribution in [0.25, 0.3) is 0 Å². The molecular weight excluding hydrogens is 152 g/mol. The Hall–Kier alpha value is -0.590. The highest BCUT2D eigenvalue weighted by Gasteiger charge is 2.26. The monoisotopic (exact) mass is 168 g/mol. The molecule has 0 spiro atoms. The quantitative estimate of drug-likeness (QED) is 0.617. The summed E-state index contributed by atoms with van der Waals surface area (Å²) in [6.45, 7) is 7.75. The molecule has 1 aliphatic heterocycles. The average Bonchev–Trinajstić information content (AvgIpc) is 1.99. The number of rotatable bonds is 2. The SMILES string of the molecule is CC1(C)CN(CCC#N)CCO1. The molecule has 1 aliphatic rings. The molecule has 0 atom stereocenters. The second kappa shape index (κ2) is 3.88. The van der Waals surface area contributed by atoms with E-state index in [0.717, 1.165) is 26.2 Å². The first kappa shape index (κ1) is 9.50. The van der Waals surface area contributed by atoms with Gasteiger partial charge in [0.2, 0.25) is 0 Å². The summed E-state index contributed by atoms with van der Waals surface area (Å²) < 4.78 is 5.55. The summed E-state index contributed by atoms with van der Waals surface area (Å²) in [7, 11) is 0. The Labute approximate surface area is 73.9 Å². The van der Waals surface area contributed by atoms with Crippen molar-refractivity contribution in [2.45, 2.75) is 25.9 Å². The number of nitrogens with zero attached hydrogens (tertiary/aromatic N) is 2. The molecular formula is C9H16N2O. The maximum atomic E-state index is 8.42. The highest BCUT2D eigenvalue weighted by Crippen LogP contribution is 2.15. The smallest absolute Gasteiger partial charge is 0.0753 e. The summed E-state index contributed by atoms with van der Waals surface area (Å²) in [5.41, 5.74) is -0.0340. The van der Waals surface area contributed by atoms with Crippen LogP contribution in [0.15, 0.2) is 0 Å². The number of hydrogen-bond acceptors (Lipinski definition) is 3. The van der Waals surface area contributed by atoms with Crippen LogP contribution >= 0.6 is 0 Å². The molecule has 1 fully saturated rings. The second-order valence-electron chi connectivity index (χ2n) is 3.79. The Morgan fingerprint density at radius 1 is 1.58 bits per heavy atom. The number of nitriles is 1. The van der Waals surface area contributed by atoms with Crippen molar-refractivity contribution in [1.29, 1.82) is 5.26 Å². The van der Waals surface area contributed by atoms with Crippen LogP contribution in [0.1, 0.15) is 20.3 Å². The molecule has 0 bridgehead atoms. The van der Waals surface area contributed by atoms with Gasteiger partial charge >= 0.3 is 0 Å². The van der Waals surface area contributed by atoms with Gasteiger partial charge in [-0.15, -0.1) is 0 Å². The van der Waals surface area contributed by atoms with E-state index in [4.69, 9.17) is 10.00 Å². The van der Waals surface area contributed by atoms with Crippen LogP contribution in [0, 0.1) is 11.3 Å². The van der Waals surface area contributed by atoms with Crippen molar-refractivity contribution >= 4 is 0 Å². The van der Waals surface area contributed by atoms with E-state index in [1.807, 2.05) is 0 Å². The van der Waals surface area contributed by atoms with Gasteiger partial charge in [-0.3, -0.25) is 4.90 Å². The molecule has 0 amide bonds. The highest BCUT2D eigenvalue weighted by molar-refractivity contribution is 4.81.